The maximum Gasteiger partial charge on any atom is 0.292 e. The number of amides is 1. The number of benzene rings is 1. The maximum absolute atomic E-state index is 11.7. The molecule has 1 amide bonds. The Balaban J connectivity index is 0.00000220. The summed E-state index contributed by atoms with van der Waals surface area (Å²) < 4.78 is 0. The predicted molar refractivity (Wildman–Crippen MR) is 86.1 cm³/mol. The van der Waals surface area contributed by atoms with Crippen molar-refractivity contribution >= 4 is 41.5 Å². The zero-order chi connectivity index (χ0) is 14.4. The zero-order valence-corrected chi connectivity index (χ0v) is 12.8. The van der Waals surface area contributed by atoms with E-state index in [4.69, 9.17) is 0 Å². The van der Waals surface area contributed by atoms with Gasteiger partial charge in [-0.25, -0.2) is 0 Å². The first kappa shape index (κ1) is 17.5. The molecule has 0 aromatic heterocycles. The maximum atomic E-state index is 11.7. The highest BCUT2D eigenvalue weighted by molar-refractivity contribution is 7.99. The molecule has 7 nitrogen and oxygen atoms in total. The van der Waals surface area contributed by atoms with E-state index in [1.807, 2.05) is 0 Å². The summed E-state index contributed by atoms with van der Waals surface area (Å²) in [5.41, 5.74) is 0.494. The molecule has 1 heterocycles. The van der Waals surface area contributed by atoms with Gasteiger partial charge in [0.25, 0.3) is 5.69 Å². The molecule has 116 valence electrons. The van der Waals surface area contributed by atoms with E-state index >= 15 is 0 Å². The minimum Gasteiger partial charge on any atom is -0.378 e. The van der Waals surface area contributed by atoms with Crippen molar-refractivity contribution in [2.45, 2.75) is 6.04 Å². The smallest absolute Gasteiger partial charge is 0.292 e. The number of nitrogens with one attached hydrogen (secondary N) is 3. The molecule has 21 heavy (non-hydrogen) atoms. The lowest BCUT2D eigenvalue weighted by atomic mass is 10.2. The van der Waals surface area contributed by atoms with Crippen molar-refractivity contribution in [3.05, 3.63) is 34.4 Å². The lowest BCUT2D eigenvalue weighted by Crippen LogP contribution is -2.43. The number of carbonyl (C=O) groups excluding carboxylic acids is 1. The average Bonchev–Trinajstić information content (AvgIpc) is 2.98. The van der Waals surface area contributed by atoms with E-state index in [0.29, 0.717) is 18.8 Å². The highest BCUT2D eigenvalue weighted by Crippen LogP contribution is 2.22. The van der Waals surface area contributed by atoms with Gasteiger partial charge in [0.15, 0.2) is 0 Å². The second-order valence-corrected chi connectivity index (χ2v) is 5.29. The minimum atomic E-state index is -0.430. The van der Waals surface area contributed by atoms with Gasteiger partial charge < -0.3 is 10.6 Å². The molecule has 1 unspecified atom stereocenters. The second-order valence-electron chi connectivity index (χ2n) is 4.26. The Kier molecular flexibility index (Phi) is 7.27. The van der Waals surface area contributed by atoms with Crippen molar-refractivity contribution in [3.63, 3.8) is 0 Å². The van der Waals surface area contributed by atoms with Crippen LogP contribution in [-0.4, -0.2) is 41.6 Å². The number of hydrogen-bond donors (Lipinski definition) is 3. The molecule has 9 heteroatoms. The van der Waals surface area contributed by atoms with E-state index in [-0.39, 0.29) is 30.0 Å². The van der Waals surface area contributed by atoms with Crippen molar-refractivity contribution < 1.29 is 9.72 Å². The van der Waals surface area contributed by atoms with Crippen molar-refractivity contribution in [2.75, 3.05) is 30.0 Å². The van der Waals surface area contributed by atoms with E-state index in [9.17, 15) is 14.9 Å². The molecule has 1 aromatic rings. The van der Waals surface area contributed by atoms with Gasteiger partial charge in [-0.05, 0) is 6.07 Å². The Morgan fingerprint density at radius 1 is 1.43 bits per heavy atom. The third-order valence-corrected chi connectivity index (χ3v) is 3.81. The van der Waals surface area contributed by atoms with Crippen molar-refractivity contribution in [1.29, 1.82) is 0 Å². The fourth-order valence-electron chi connectivity index (χ4n) is 1.85. The molecule has 1 aliphatic rings. The number of anilines is 1. The number of halogens is 1. The fourth-order valence-corrected chi connectivity index (χ4v) is 2.79. The summed E-state index contributed by atoms with van der Waals surface area (Å²) in [5, 5.41) is 19.7. The van der Waals surface area contributed by atoms with Gasteiger partial charge in [0, 0.05) is 30.8 Å². The lowest BCUT2D eigenvalue weighted by molar-refractivity contribution is -0.384. The predicted octanol–water partition coefficient (Wildman–Crippen LogP) is 1.21. The van der Waals surface area contributed by atoms with Gasteiger partial charge in [-0.15, -0.1) is 24.2 Å². The summed E-state index contributed by atoms with van der Waals surface area (Å²) >= 11 is 1.69. The van der Waals surface area contributed by atoms with Crippen LogP contribution in [0.3, 0.4) is 0 Å². The number of carbonyl (C=O) groups is 1. The standard InChI is InChI=1S/C12H16N4O3S.ClH/c17-12(10-7-20-8-15-10)14-6-5-13-9-3-1-2-4-11(9)16(18)19;/h1-4,10,13,15H,5-8H2,(H,14,17);1H. The average molecular weight is 333 g/mol. The van der Waals surface area contributed by atoms with Crippen molar-refractivity contribution in [3.8, 4) is 0 Å². The van der Waals surface area contributed by atoms with Crippen LogP contribution in [0.5, 0.6) is 0 Å². The third-order valence-electron chi connectivity index (χ3n) is 2.87. The molecule has 3 N–H and O–H groups in total. The topological polar surface area (TPSA) is 96.3 Å². The SMILES string of the molecule is Cl.O=C(NCCNc1ccccc1[N+](=O)[O-])C1CSCN1. The number of nitrogens with zero attached hydrogens (tertiary/aromatic N) is 1. The highest BCUT2D eigenvalue weighted by atomic mass is 35.5. The number of nitro benzene ring substituents is 1. The minimum absolute atomic E-state index is 0. The van der Waals surface area contributed by atoms with Crippen LogP contribution in [0.25, 0.3) is 0 Å². The quantitative estimate of drug-likeness (QED) is 0.411. The molecule has 0 spiro atoms. The number of thioether (sulfide) groups is 1. The van der Waals surface area contributed by atoms with Gasteiger partial charge in [0.05, 0.1) is 11.0 Å². The largest absolute Gasteiger partial charge is 0.378 e. The molecule has 0 radical (unpaired) electrons. The Morgan fingerprint density at radius 3 is 2.86 bits per heavy atom. The molecule has 0 aliphatic carbocycles. The van der Waals surface area contributed by atoms with Crippen LogP contribution < -0.4 is 16.0 Å². The normalized spacial score (nSPS) is 16.9. The van der Waals surface area contributed by atoms with Gasteiger partial charge >= 0.3 is 0 Å². The summed E-state index contributed by atoms with van der Waals surface area (Å²) in [4.78, 5) is 22.1. The van der Waals surface area contributed by atoms with Crippen LogP contribution in [0, 0.1) is 10.1 Å². The Bertz CT molecular complexity index is 497. The van der Waals surface area contributed by atoms with Crippen LogP contribution in [0.15, 0.2) is 24.3 Å². The molecular formula is C12H17ClN4O3S. The van der Waals surface area contributed by atoms with Gasteiger partial charge in [-0.1, -0.05) is 12.1 Å². The van der Waals surface area contributed by atoms with E-state index in [1.54, 1.807) is 30.0 Å². The van der Waals surface area contributed by atoms with Crippen LogP contribution in [-0.2, 0) is 4.79 Å². The van der Waals surface area contributed by atoms with Crippen LogP contribution >= 0.6 is 24.2 Å². The molecule has 1 saturated heterocycles. The van der Waals surface area contributed by atoms with Gasteiger partial charge in [-0.2, -0.15) is 0 Å². The summed E-state index contributed by atoms with van der Waals surface area (Å²) in [5.74, 6) is 1.55. The molecule has 0 saturated carbocycles. The van der Waals surface area contributed by atoms with Gasteiger partial charge in [0.2, 0.25) is 5.91 Å². The first-order chi connectivity index (χ1) is 9.68. The molecule has 1 atom stereocenters. The van der Waals surface area contributed by atoms with Crippen LogP contribution in [0.2, 0.25) is 0 Å². The Morgan fingerprint density at radius 2 is 2.19 bits per heavy atom. The molecule has 1 aromatic carbocycles. The second kappa shape index (κ2) is 8.71. The number of para-hydroxylation sites is 2. The molecule has 1 aliphatic heterocycles. The highest BCUT2D eigenvalue weighted by Gasteiger charge is 2.21. The third kappa shape index (κ3) is 5.07. The molecular weight excluding hydrogens is 316 g/mol. The summed E-state index contributed by atoms with van der Waals surface area (Å²) in [6.07, 6.45) is 0. The van der Waals surface area contributed by atoms with Crippen molar-refractivity contribution in [2.24, 2.45) is 0 Å². The summed E-state index contributed by atoms with van der Waals surface area (Å²) in [6, 6.07) is 6.31. The first-order valence-corrected chi connectivity index (χ1v) is 7.40. The van der Waals surface area contributed by atoms with Gasteiger partial charge in [-0.3, -0.25) is 20.2 Å². The van der Waals surface area contributed by atoms with Crippen LogP contribution in [0.1, 0.15) is 0 Å². The fraction of sp³-hybridized carbons (Fsp3) is 0.417. The molecule has 1 fully saturated rings. The van der Waals surface area contributed by atoms with E-state index in [1.165, 1.54) is 6.07 Å². The number of nitro groups is 1. The van der Waals surface area contributed by atoms with E-state index < -0.39 is 4.92 Å². The zero-order valence-electron chi connectivity index (χ0n) is 11.2. The molecule has 2 rings (SSSR count). The number of rotatable bonds is 6. The number of hydrogen-bond acceptors (Lipinski definition) is 6. The van der Waals surface area contributed by atoms with Crippen LogP contribution in [0.4, 0.5) is 11.4 Å². The Hall–Kier alpha value is -1.51. The Labute approximate surface area is 132 Å². The summed E-state index contributed by atoms with van der Waals surface area (Å²) in [6.45, 7) is 0.865. The van der Waals surface area contributed by atoms with Crippen molar-refractivity contribution in [1.82, 2.24) is 10.6 Å². The first-order valence-electron chi connectivity index (χ1n) is 6.24. The monoisotopic (exact) mass is 332 g/mol. The van der Waals surface area contributed by atoms with E-state index in [0.717, 1.165) is 11.6 Å². The van der Waals surface area contributed by atoms with Gasteiger partial charge in [0.1, 0.15) is 5.69 Å². The summed E-state index contributed by atoms with van der Waals surface area (Å²) in [7, 11) is 0. The molecule has 0 bridgehead atoms. The van der Waals surface area contributed by atoms with E-state index in [2.05, 4.69) is 16.0 Å². The lowest BCUT2D eigenvalue weighted by Gasteiger charge is -2.11.